The quantitative estimate of drug-likeness (QED) is 0.0261. The molecule has 0 aromatic carbocycles. The standard InChI is InChI=1S/C76H126O6/c1-4-7-10-13-16-19-22-25-28-31-33-35-36-37-38-39-40-42-43-45-48-51-54-57-60-63-66-69-75(78)81-72-73(71-80-74(77)68-65-62-59-56-53-50-47-30-27-24-21-18-15-12-9-6-3)82-76(79)70-67-64-61-58-55-52-49-46-44-41-34-32-29-26-23-20-17-14-11-8-5-2/h7,10,16,19,21,23-26,28,30,32-35,37-38,40,42,45,47-48,73H,4-6,8-9,11-15,17-18,20,22,27,29,31,36,39,41,43-44,46,49-72H2,1-3H3/b10-7-,19-16-,24-21-,26-23-,28-25-,34-32-,35-33-,38-37-,42-40-,47-30-,48-45-. The van der Waals surface area contributed by atoms with Crippen molar-refractivity contribution in [3.05, 3.63) is 134 Å². The second-order valence-electron chi connectivity index (χ2n) is 22.3. The number of hydrogen-bond donors (Lipinski definition) is 0. The van der Waals surface area contributed by atoms with Crippen molar-refractivity contribution in [2.75, 3.05) is 13.2 Å². The van der Waals surface area contributed by atoms with Gasteiger partial charge in [0.05, 0.1) is 0 Å². The molecule has 0 aromatic rings. The Morgan fingerprint density at radius 1 is 0.256 bits per heavy atom. The second kappa shape index (κ2) is 69.0. The maximum absolute atomic E-state index is 13.0. The molecule has 0 saturated heterocycles. The minimum absolute atomic E-state index is 0.0962. The molecule has 0 aromatic heterocycles. The summed E-state index contributed by atoms with van der Waals surface area (Å²) in [5, 5.41) is 0. The lowest BCUT2D eigenvalue weighted by Gasteiger charge is -2.18. The minimum Gasteiger partial charge on any atom is -0.462 e. The van der Waals surface area contributed by atoms with E-state index in [4.69, 9.17) is 14.2 Å². The Morgan fingerprint density at radius 2 is 0.476 bits per heavy atom. The van der Waals surface area contributed by atoms with E-state index in [0.717, 1.165) is 154 Å². The number of carbonyl (C=O) groups is 3. The molecule has 6 nitrogen and oxygen atoms in total. The average molecular weight is 1140 g/mol. The SMILES string of the molecule is CC/C=C\C/C=C\C/C=C\C/C=C\C/C=C\C/C=C\C/C=C\CCCCCCCC(=O)OCC(COC(=O)CCCCCCC/C=C\C/C=C\CCCCCC)OC(=O)CCCCCCCCCCC/C=C\C/C=C\CCCCCCC. The van der Waals surface area contributed by atoms with Crippen LogP contribution in [0.1, 0.15) is 310 Å². The molecule has 0 radical (unpaired) electrons. The summed E-state index contributed by atoms with van der Waals surface area (Å²) in [6.07, 6.45) is 97.4. The summed E-state index contributed by atoms with van der Waals surface area (Å²) in [7, 11) is 0. The smallest absolute Gasteiger partial charge is 0.306 e. The first kappa shape index (κ1) is 77.5. The second-order valence-corrected chi connectivity index (χ2v) is 22.3. The zero-order chi connectivity index (χ0) is 59.2. The van der Waals surface area contributed by atoms with Crippen LogP contribution in [0, 0.1) is 0 Å². The first-order valence-corrected chi connectivity index (χ1v) is 34.2. The third-order valence-corrected chi connectivity index (χ3v) is 14.4. The fourth-order valence-electron chi connectivity index (χ4n) is 9.25. The number of ether oxygens (including phenoxy) is 3. The summed E-state index contributed by atoms with van der Waals surface area (Å²) in [4.78, 5) is 38.4. The third-order valence-electron chi connectivity index (χ3n) is 14.4. The first-order valence-electron chi connectivity index (χ1n) is 34.2. The Kier molecular flexibility index (Phi) is 65.3. The van der Waals surface area contributed by atoms with E-state index in [-0.39, 0.29) is 31.1 Å². The Hall–Kier alpha value is -4.45. The van der Waals surface area contributed by atoms with Crippen LogP contribution in [0.5, 0.6) is 0 Å². The van der Waals surface area contributed by atoms with Gasteiger partial charge < -0.3 is 14.2 Å². The van der Waals surface area contributed by atoms with Crippen molar-refractivity contribution >= 4 is 17.9 Å². The van der Waals surface area contributed by atoms with Gasteiger partial charge in [0.15, 0.2) is 6.10 Å². The van der Waals surface area contributed by atoms with Crippen molar-refractivity contribution in [2.24, 2.45) is 0 Å². The highest BCUT2D eigenvalue weighted by molar-refractivity contribution is 5.71. The Balaban J connectivity index is 4.44. The Morgan fingerprint density at radius 3 is 0.756 bits per heavy atom. The number of rotatable bonds is 61. The minimum atomic E-state index is -0.801. The predicted molar refractivity (Wildman–Crippen MR) is 357 cm³/mol. The van der Waals surface area contributed by atoms with Crippen molar-refractivity contribution < 1.29 is 28.6 Å². The summed E-state index contributed by atoms with van der Waals surface area (Å²) in [5.74, 6) is -0.926. The molecule has 0 bridgehead atoms. The molecule has 0 rings (SSSR count). The molecule has 466 valence electrons. The van der Waals surface area contributed by atoms with Gasteiger partial charge in [0.2, 0.25) is 0 Å². The van der Waals surface area contributed by atoms with Crippen LogP contribution in [0.2, 0.25) is 0 Å². The predicted octanol–water partition coefficient (Wildman–Crippen LogP) is 23.7. The van der Waals surface area contributed by atoms with E-state index >= 15 is 0 Å². The van der Waals surface area contributed by atoms with Crippen LogP contribution in [-0.4, -0.2) is 37.2 Å². The van der Waals surface area contributed by atoms with Gasteiger partial charge in [-0.2, -0.15) is 0 Å². The number of hydrogen-bond acceptors (Lipinski definition) is 6. The van der Waals surface area contributed by atoms with Crippen molar-refractivity contribution in [3.8, 4) is 0 Å². The fraction of sp³-hybridized carbons (Fsp3) is 0.671. The molecular formula is C76H126O6. The molecule has 0 saturated carbocycles. The van der Waals surface area contributed by atoms with E-state index in [9.17, 15) is 14.4 Å². The normalized spacial score (nSPS) is 13.0. The van der Waals surface area contributed by atoms with Gasteiger partial charge in [-0.15, -0.1) is 0 Å². The molecule has 0 N–H and O–H groups in total. The molecule has 1 atom stereocenters. The number of unbranched alkanes of at least 4 members (excludes halogenated alkanes) is 28. The van der Waals surface area contributed by atoms with E-state index in [1.54, 1.807) is 0 Å². The van der Waals surface area contributed by atoms with Gasteiger partial charge in [-0.25, -0.2) is 0 Å². The van der Waals surface area contributed by atoms with E-state index in [0.29, 0.717) is 19.3 Å². The molecular weight excluding hydrogens is 1010 g/mol. The first-order chi connectivity index (χ1) is 40.5. The van der Waals surface area contributed by atoms with Gasteiger partial charge in [-0.05, 0) is 141 Å². The van der Waals surface area contributed by atoms with Crippen LogP contribution >= 0.6 is 0 Å². The highest BCUT2D eigenvalue weighted by Crippen LogP contribution is 2.15. The maximum Gasteiger partial charge on any atom is 0.306 e. The van der Waals surface area contributed by atoms with Gasteiger partial charge in [-0.1, -0.05) is 283 Å². The van der Waals surface area contributed by atoms with Gasteiger partial charge in [-0.3, -0.25) is 14.4 Å². The van der Waals surface area contributed by atoms with E-state index in [2.05, 4.69) is 154 Å². The monoisotopic (exact) mass is 1130 g/mol. The highest BCUT2D eigenvalue weighted by Gasteiger charge is 2.19. The van der Waals surface area contributed by atoms with Crippen LogP contribution in [0.4, 0.5) is 0 Å². The molecule has 6 heteroatoms. The van der Waals surface area contributed by atoms with Crippen LogP contribution < -0.4 is 0 Å². The van der Waals surface area contributed by atoms with Crippen molar-refractivity contribution in [3.63, 3.8) is 0 Å². The summed E-state index contributed by atoms with van der Waals surface area (Å²) in [6.45, 7) is 6.49. The Bertz CT molecular complexity index is 1730. The van der Waals surface area contributed by atoms with Crippen molar-refractivity contribution in [1.29, 1.82) is 0 Å². The molecule has 0 heterocycles. The van der Waals surface area contributed by atoms with Crippen LogP contribution in [0.15, 0.2) is 134 Å². The zero-order valence-electron chi connectivity index (χ0n) is 53.5. The third kappa shape index (κ3) is 66.4. The topological polar surface area (TPSA) is 78.9 Å². The van der Waals surface area contributed by atoms with E-state index < -0.39 is 6.10 Å². The van der Waals surface area contributed by atoms with Crippen LogP contribution in [0.25, 0.3) is 0 Å². The largest absolute Gasteiger partial charge is 0.462 e. The fourth-order valence-corrected chi connectivity index (χ4v) is 9.25. The molecule has 0 fully saturated rings. The molecule has 82 heavy (non-hydrogen) atoms. The molecule has 0 aliphatic rings. The molecule has 1 unspecified atom stereocenters. The molecule has 0 aliphatic carbocycles. The lowest BCUT2D eigenvalue weighted by Crippen LogP contribution is -2.30. The number of carbonyl (C=O) groups excluding carboxylic acids is 3. The molecule has 0 spiro atoms. The van der Waals surface area contributed by atoms with Crippen molar-refractivity contribution in [1.82, 2.24) is 0 Å². The molecule has 0 aliphatic heterocycles. The lowest BCUT2D eigenvalue weighted by molar-refractivity contribution is -0.167. The van der Waals surface area contributed by atoms with Crippen molar-refractivity contribution in [2.45, 2.75) is 316 Å². The van der Waals surface area contributed by atoms with Gasteiger partial charge in [0, 0.05) is 19.3 Å². The summed E-state index contributed by atoms with van der Waals surface area (Å²) >= 11 is 0. The number of allylic oxidation sites excluding steroid dienone is 22. The lowest BCUT2D eigenvalue weighted by atomic mass is 10.1. The summed E-state index contributed by atoms with van der Waals surface area (Å²) < 4.78 is 16.9. The summed E-state index contributed by atoms with van der Waals surface area (Å²) in [6, 6.07) is 0. The van der Waals surface area contributed by atoms with Gasteiger partial charge >= 0.3 is 17.9 Å². The maximum atomic E-state index is 13.0. The Labute approximate surface area is 506 Å². The van der Waals surface area contributed by atoms with Gasteiger partial charge in [0.25, 0.3) is 0 Å². The van der Waals surface area contributed by atoms with Crippen LogP contribution in [0.3, 0.4) is 0 Å². The van der Waals surface area contributed by atoms with E-state index in [1.807, 2.05) is 0 Å². The average Bonchev–Trinajstić information content (AvgIpc) is 3.47. The van der Waals surface area contributed by atoms with Crippen LogP contribution in [-0.2, 0) is 28.6 Å². The number of esters is 3. The van der Waals surface area contributed by atoms with E-state index in [1.165, 1.54) is 116 Å². The highest BCUT2D eigenvalue weighted by atomic mass is 16.6. The molecule has 0 amide bonds. The summed E-state index contributed by atoms with van der Waals surface area (Å²) in [5.41, 5.74) is 0. The van der Waals surface area contributed by atoms with Gasteiger partial charge in [0.1, 0.15) is 13.2 Å². The zero-order valence-corrected chi connectivity index (χ0v) is 53.5.